The molecule has 0 saturated heterocycles. The lowest BCUT2D eigenvalue weighted by atomic mass is 10.2. The Kier molecular flexibility index (Phi) is 6.51. The molecule has 1 heterocycles. The summed E-state index contributed by atoms with van der Waals surface area (Å²) < 4.78 is 42.5. The van der Waals surface area contributed by atoms with Gasteiger partial charge >= 0.3 is 0 Å². The summed E-state index contributed by atoms with van der Waals surface area (Å²) in [4.78, 5) is 12.8. The molecule has 160 valence electrons. The Bertz CT molecular complexity index is 1020. The van der Waals surface area contributed by atoms with E-state index in [2.05, 4.69) is 11.9 Å². The first-order valence-electron chi connectivity index (χ1n) is 9.33. The molecule has 0 unspecified atom stereocenters. The van der Waals surface area contributed by atoms with Crippen molar-refractivity contribution in [2.75, 3.05) is 35.7 Å². The minimum Gasteiger partial charge on any atom is -0.490 e. The molecule has 1 atom stereocenters. The van der Waals surface area contributed by atoms with Gasteiger partial charge in [0.2, 0.25) is 15.9 Å². The molecule has 0 aliphatic carbocycles. The highest BCUT2D eigenvalue weighted by Crippen LogP contribution is 2.35. The summed E-state index contributed by atoms with van der Waals surface area (Å²) in [6.45, 7) is 6.29. The third-order valence-corrected chi connectivity index (χ3v) is 5.60. The van der Waals surface area contributed by atoms with Gasteiger partial charge in [0.15, 0.2) is 11.5 Å². The number of nitrogens with one attached hydrogen (secondary N) is 1. The molecule has 2 aromatic rings. The van der Waals surface area contributed by atoms with Crippen molar-refractivity contribution in [1.82, 2.24) is 0 Å². The standard InChI is InChI=1S/C21H24N2O6S/c1-4-11-27-18-8-5-16(6-9-18)22-21(24)15(2)23(30(3,25)26)17-7-10-19-20(14-17)29-13-12-28-19/h4-10,14-15H,1,11-13H2,2-3H3,(H,22,24)/t15-/m0/s1. The maximum atomic E-state index is 12.8. The maximum Gasteiger partial charge on any atom is 0.247 e. The van der Waals surface area contributed by atoms with Gasteiger partial charge in [0.05, 0.1) is 11.9 Å². The molecular weight excluding hydrogens is 408 g/mol. The lowest BCUT2D eigenvalue weighted by Crippen LogP contribution is -2.45. The molecule has 1 aliphatic rings. The number of carbonyl (C=O) groups excluding carboxylic acids is 1. The summed E-state index contributed by atoms with van der Waals surface area (Å²) >= 11 is 0. The molecule has 2 aromatic carbocycles. The first kappa shape index (κ1) is 21.5. The number of nitrogens with zero attached hydrogens (tertiary/aromatic N) is 1. The molecule has 1 aliphatic heterocycles. The van der Waals surface area contributed by atoms with Gasteiger partial charge in [-0.05, 0) is 43.3 Å². The van der Waals surface area contributed by atoms with Crippen molar-refractivity contribution in [3.8, 4) is 17.2 Å². The Labute approximate surface area is 176 Å². The van der Waals surface area contributed by atoms with Gasteiger partial charge < -0.3 is 19.5 Å². The number of carbonyl (C=O) groups is 1. The van der Waals surface area contributed by atoms with Gasteiger partial charge in [0.25, 0.3) is 0 Å². The Balaban J connectivity index is 1.79. The van der Waals surface area contributed by atoms with Gasteiger partial charge in [0.1, 0.15) is 31.6 Å². The number of fused-ring (bicyclic) bond motifs is 1. The summed E-state index contributed by atoms with van der Waals surface area (Å²) in [5.41, 5.74) is 0.839. The van der Waals surface area contributed by atoms with Crippen molar-refractivity contribution >= 4 is 27.3 Å². The van der Waals surface area contributed by atoms with E-state index in [1.807, 2.05) is 0 Å². The second-order valence-corrected chi connectivity index (χ2v) is 8.54. The fourth-order valence-electron chi connectivity index (χ4n) is 3.01. The second-order valence-electron chi connectivity index (χ2n) is 6.68. The van der Waals surface area contributed by atoms with E-state index in [4.69, 9.17) is 14.2 Å². The highest BCUT2D eigenvalue weighted by molar-refractivity contribution is 7.92. The van der Waals surface area contributed by atoms with Crippen LogP contribution in [0, 0.1) is 0 Å². The monoisotopic (exact) mass is 432 g/mol. The van der Waals surface area contributed by atoms with E-state index >= 15 is 0 Å². The van der Waals surface area contributed by atoms with Crippen LogP contribution in [-0.2, 0) is 14.8 Å². The highest BCUT2D eigenvalue weighted by atomic mass is 32.2. The van der Waals surface area contributed by atoms with Crippen LogP contribution in [0.3, 0.4) is 0 Å². The first-order chi connectivity index (χ1) is 14.3. The topological polar surface area (TPSA) is 94.2 Å². The van der Waals surface area contributed by atoms with Crippen molar-refractivity contribution in [3.05, 3.63) is 55.1 Å². The molecule has 0 fully saturated rings. The number of sulfonamides is 1. The fourth-order valence-corrected chi connectivity index (χ4v) is 4.18. The van der Waals surface area contributed by atoms with Crippen molar-refractivity contribution in [1.29, 1.82) is 0 Å². The summed E-state index contributed by atoms with van der Waals surface area (Å²) in [6, 6.07) is 10.6. The average molecular weight is 432 g/mol. The number of anilines is 2. The van der Waals surface area contributed by atoms with Crippen LogP contribution in [0.1, 0.15) is 6.92 Å². The number of amides is 1. The fraction of sp³-hybridized carbons (Fsp3) is 0.286. The van der Waals surface area contributed by atoms with E-state index in [0.29, 0.717) is 48.4 Å². The molecule has 9 heteroatoms. The Hall–Kier alpha value is -3.20. The number of hydrogen-bond donors (Lipinski definition) is 1. The number of hydrogen-bond acceptors (Lipinski definition) is 6. The molecule has 3 rings (SSSR count). The Morgan fingerprint density at radius 3 is 2.50 bits per heavy atom. The molecule has 1 amide bonds. The van der Waals surface area contributed by atoms with E-state index in [1.54, 1.807) is 48.5 Å². The summed E-state index contributed by atoms with van der Waals surface area (Å²) in [5, 5.41) is 2.73. The Morgan fingerprint density at radius 2 is 1.87 bits per heavy atom. The molecular formula is C21H24N2O6S. The third kappa shape index (κ3) is 5.04. The zero-order valence-corrected chi connectivity index (χ0v) is 17.6. The van der Waals surface area contributed by atoms with Crippen molar-refractivity contribution < 1.29 is 27.4 Å². The van der Waals surface area contributed by atoms with Crippen LogP contribution in [0.25, 0.3) is 0 Å². The van der Waals surface area contributed by atoms with Crippen LogP contribution in [0.15, 0.2) is 55.1 Å². The highest BCUT2D eigenvalue weighted by Gasteiger charge is 2.30. The number of benzene rings is 2. The lowest BCUT2D eigenvalue weighted by Gasteiger charge is -2.29. The van der Waals surface area contributed by atoms with E-state index in [-0.39, 0.29) is 0 Å². The van der Waals surface area contributed by atoms with Crippen molar-refractivity contribution in [2.45, 2.75) is 13.0 Å². The SMILES string of the molecule is C=CCOc1ccc(NC(=O)[C@H](C)N(c2ccc3c(c2)OCCO3)S(C)(=O)=O)cc1. The maximum absolute atomic E-state index is 12.8. The predicted molar refractivity (Wildman–Crippen MR) is 115 cm³/mol. The molecule has 8 nitrogen and oxygen atoms in total. The minimum atomic E-state index is -3.75. The molecule has 30 heavy (non-hydrogen) atoms. The smallest absolute Gasteiger partial charge is 0.247 e. The van der Waals surface area contributed by atoms with Gasteiger partial charge in [-0.25, -0.2) is 8.42 Å². The van der Waals surface area contributed by atoms with Crippen molar-refractivity contribution in [3.63, 3.8) is 0 Å². The summed E-state index contributed by atoms with van der Waals surface area (Å²) in [5.74, 6) is 1.13. The molecule has 0 saturated carbocycles. The zero-order valence-electron chi connectivity index (χ0n) is 16.8. The molecule has 0 radical (unpaired) electrons. The van der Waals surface area contributed by atoms with Gasteiger partial charge in [-0.1, -0.05) is 12.7 Å². The number of rotatable bonds is 8. The van der Waals surface area contributed by atoms with Crippen LogP contribution < -0.4 is 23.8 Å². The zero-order chi connectivity index (χ0) is 21.7. The van der Waals surface area contributed by atoms with Gasteiger partial charge in [-0.15, -0.1) is 0 Å². The van der Waals surface area contributed by atoms with Crippen LogP contribution in [-0.4, -0.2) is 46.4 Å². The minimum absolute atomic E-state index is 0.317. The molecule has 0 aromatic heterocycles. The van der Waals surface area contributed by atoms with Crippen LogP contribution in [0.5, 0.6) is 17.2 Å². The third-order valence-electron chi connectivity index (χ3n) is 4.36. The molecule has 0 spiro atoms. The molecule has 1 N–H and O–H groups in total. The normalized spacial score (nSPS) is 13.8. The number of ether oxygens (including phenoxy) is 3. The summed E-state index contributed by atoms with van der Waals surface area (Å²) in [7, 11) is -3.75. The van der Waals surface area contributed by atoms with Gasteiger partial charge in [0, 0.05) is 11.8 Å². The first-order valence-corrected chi connectivity index (χ1v) is 11.2. The van der Waals surface area contributed by atoms with Crippen molar-refractivity contribution in [2.24, 2.45) is 0 Å². The average Bonchev–Trinajstić information content (AvgIpc) is 2.72. The van der Waals surface area contributed by atoms with Crippen LogP contribution >= 0.6 is 0 Å². The van der Waals surface area contributed by atoms with Crippen LogP contribution in [0.2, 0.25) is 0 Å². The van der Waals surface area contributed by atoms with E-state index in [1.165, 1.54) is 6.92 Å². The summed E-state index contributed by atoms with van der Waals surface area (Å²) in [6.07, 6.45) is 2.69. The quantitative estimate of drug-likeness (QED) is 0.645. The van der Waals surface area contributed by atoms with Gasteiger partial charge in [-0.3, -0.25) is 9.10 Å². The molecule has 0 bridgehead atoms. The van der Waals surface area contributed by atoms with E-state index < -0.39 is 22.0 Å². The second kappa shape index (κ2) is 9.08. The Morgan fingerprint density at radius 1 is 1.20 bits per heavy atom. The van der Waals surface area contributed by atoms with E-state index in [9.17, 15) is 13.2 Å². The largest absolute Gasteiger partial charge is 0.490 e. The predicted octanol–water partition coefficient (Wildman–Crippen LogP) is 2.82. The lowest BCUT2D eigenvalue weighted by molar-refractivity contribution is -0.116. The van der Waals surface area contributed by atoms with Gasteiger partial charge in [-0.2, -0.15) is 0 Å². The van der Waals surface area contributed by atoms with E-state index in [0.717, 1.165) is 10.6 Å². The van der Waals surface area contributed by atoms with Crippen LogP contribution in [0.4, 0.5) is 11.4 Å².